The van der Waals surface area contributed by atoms with Crippen LogP contribution in [0.4, 0.5) is 13.2 Å². The number of guanidine groups is 1. The normalized spacial score (nSPS) is 23.9. The van der Waals surface area contributed by atoms with Crippen molar-refractivity contribution in [2.75, 3.05) is 27.7 Å². The molecule has 1 aromatic rings. The zero-order valence-electron chi connectivity index (χ0n) is 16.2. The van der Waals surface area contributed by atoms with Gasteiger partial charge in [-0.05, 0) is 32.9 Å². The highest BCUT2D eigenvalue weighted by atomic mass is 127. The monoisotopic (exact) mass is 519 g/mol. The van der Waals surface area contributed by atoms with E-state index < -0.39 is 11.9 Å². The van der Waals surface area contributed by atoms with Gasteiger partial charge in [0.05, 0.1) is 6.54 Å². The summed E-state index contributed by atoms with van der Waals surface area (Å²) in [4.78, 5) is 10.1. The number of likely N-dealkylation sites (N-methyl/N-ethyl adjacent to an activating group) is 1. The number of halogens is 4. The van der Waals surface area contributed by atoms with Crippen LogP contribution < -0.4 is 10.6 Å². The van der Waals surface area contributed by atoms with Gasteiger partial charge in [0, 0.05) is 24.5 Å². The van der Waals surface area contributed by atoms with E-state index in [2.05, 4.69) is 46.5 Å². The molecular formula is C17H29F3IN5S. The Bertz CT molecular complexity index is 620. The number of rotatable bonds is 5. The minimum atomic E-state index is -4.40. The molecule has 0 saturated heterocycles. The Balaban J connectivity index is 0.00000364. The molecule has 27 heavy (non-hydrogen) atoms. The lowest BCUT2D eigenvalue weighted by atomic mass is 9.75. The third-order valence-corrected chi connectivity index (χ3v) is 5.92. The molecule has 0 radical (unpaired) electrons. The number of aliphatic imine (C=N–C) groups is 1. The van der Waals surface area contributed by atoms with Crippen molar-refractivity contribution in [3.05, 3.63) is 16.1 Å². The van der Waals surface area contributed by atoms with Gasteiger partial charge in [0.2, 0.25) is 0 Å². The largest absolute Gasteiger partial charge is 0.434 e. The molecule has 0 amide bonds. The second-order valence-corrected chi connectivity index (χ2v) is 8.17. The van der Waals surface area contributed by atoms with Crippen molar-refractivity contribution in [1.29, 1.82) is 0 Å². The highest BCUT2D eigenvalue weighted by molar-refractivity contribution is 14.0. The summed E-state index contributed by atoms with van der Waals surface area (Å²) in [6.45, 7) is 3.24. The van der Waals surface area contributed by atoms with E-state index in [1.165, 1.54) is 12.8 Å². The molecule has 1 saturated carbocycles. The number of nitrogens with one attached hydrogen (secondary N) is 2. The van der Waals surface area contributed by atoms with E-state index in [9.17, 15) is 13.2 Å². The van der Waals surface area contributed by atoms with Gasteiger partial charge in [0.1, 0.15) is 5.01 Å². The lowest BCUT2D eigenvalue weighted by Crippen LogP contribution is -2.56. The molecule has 0 spiro atoms. The average molecular weight is 519 g/mol. The Morgan fingerprint density at radius 1 is 1.41 bits per heavy atom. The summed E-state index contributed by atoms with van der Waals surface area (Å²) in [6.07, 6.45) is 0.298. The maximum atomic E-state index is 12.6. The number of hydrogen-bond donors (Lipinski definition) is 2. The predicted octanol–water partition coefficient (Wildman–Crippen LogP) is 3.96. The molecule has 1 aliphatic rings. The van der Waals surface area contributed by atoms with Crippen LogP contribution >= 0.6 is 35.3 Å². The maximum absolute atomic E-state index is 12.6. The van der Waals surface area contributed by atoms with Gasteiger partial charge < -0.3 is 15.5 Å². The number of hydrogen-bond acceptors (Lipinski definition) is 4. The fraction of sp³-hybridized carbons (Fsp3) is 0.765. The zero-order chi connectivity index (χ0) is 19.4. The number of alkyl halides is 3. The third kappa shape index (κ3) is 6.74. The van der Waals surface area contributed by atoms with Crippen LogP contribution in [0.15, 0.2) is 10.4 Å². The first-order valence-electron chi connectivity index (χ1n) is 8.80. The highest BCUT2D eigenvalue weighted by Crippen LogP contribution is 2.35. The molecule has 2 atom stereocenters. The molecule has 2 N–H and O–H groups in total. The summed E-state index contributed by atoms with van der Waals surface area (Å²) in [5.41, 5.74) is -0.773. The van der Waals surface area contributed by atoms with Crippen molar-refractivity contribution in [1.82, 2.24) is 20.5 Å². The van der Waals surface area contributed by atoms with Crippen molar-refractivity contribution in [3.8, 4) is 0 Å². The first-order valence-corrected chi connectivity index (χ1v) is 9.68. The molecule has 2 unspecified atom stereocenters. The molecule has 10 heteroatoms. The molecule has 1 aliphatic carbocycles. The van der Waals surface area contributed by atoms with Crippen LogP contribution in [0.1, 0.15) is 43.3 Å². The van der Waals surface area contributed by atoms with Crippen molar-refractivity contribution >= 4 is 41.3 Å². The molecule has 5 nitrogen and oxygen atoms in total. The highest BCUT2D eigenvalue weighted by Gasteiger charge is 2.37. The summed E-state index contributed by atoms with van der Waals surface area (Å²) < 4.78 is 37.9. The second-order valence-electron chi connectivity index (χ2n) is 7.22. The minimum absolute atomic E-state index is 0. The summed E-state index contributed by atoms with van der Waals surface area (Å²) in [6, 6.07) is 0. The molecule has 1 heterocycles. The van der Waals surface area contributed by atoms with E-state index >= 15 is 0 Å². The topological polar surface area (TPSA) is 52.6 Å². The smallest absolute Gasteiger partial charge is 0.355 e. The van der Waals surface area contributed by atoms with E-state index in [1.807, 2.05) is 0 Å². The molecule has 2 rings (SSSR count). The Hall–Kier alpha value is -0.620. The lowest BCUT2D eigenvalue weighted by molar-refractivity contribution is -0.140. The van der Waals surface area contributed by atoms with Crippen LogP contribution in [-0.2, 0) is 12.7 Å². The molecule has 1 fully saturated rings. The number of aromatic nitrogens is 1. The van der Waals surface area contributed by atoms with Gasteiger partial charge in [-0.15, -0.1) is 35.3 Å². The van der Waals surface area contributed by atoms with Crippen LogP contribution in [0.25, 0.3) is 0 Å². The summed E-state index contributed by atoms with van der Waals surface area (Å²) >= 11 is 0.995. The van der Waals surface area contributed by atoms with E-state index in [0.29, 0.717) is 16.9 Å². The van der Waals surface area contributed by atoms with E-state index in [4.69, 9.17) is 0 Å². The molecule has 1 aromatic heterocycles. The van der Waals surface area contributed by atoms with Gasteiger partial charge in [-0.1, -0.05) is 19.8 Å². The van der Waals surface area contributed by atoms with Gasteiger partial charge in [-0.25, -0.2) is 4.98 Å². The van der Waals surface area contributed by atoms with Gasteiger partial charge in [-0.3, -0.25) is 4.99 Å². The van der Waals surface area contributed by atoms with Crippen LogP contribution in [0.5, 0.6) is 0 Å². The standard InChI is InChI=1S/C17H28F3N5S.HI/c1-12-6-5-7-16(8-12,25(3)4)11-23-15(21-2)22-9-14-24-13(10-26-14)17(18,19)20;/h10,12H,5-9,11H2,1-4H3,(H2,21,22,23);1H. The molecular weight excluding hydrogens is 490 g/mol. The Morgan fingerprint density at radius 2 is 2.11 bits per heavy atom. The quantitative estimate of drug-likeness (QED) is 0.352. The summed E-state index contributed by atoms with van der Waals surface area (Å²) in [5, 5.41) is 7.82. The predicted molar refractivity (Wildman–Crippen MR) is 115 cm³/mol. The minimum Gasteiger partial charge on any atom is -0.355 e. The lowest BCUT2D eigenvalue weighted by Gasteiger charge is -2.45. The SMILES string of the molecule is CN=C(NCc1nc(C(F)(F)F)cs1)NCC1(N(C)C)CCCC(C)C1.I. The van der Waals surface area contributed by atoms with Crippen molar-refractivity contribution in [3.63, 3.8) is 0 Å². The molecule has 0 bridgehead atoms. The van der Waals surface area contributed by atoms with Crippen molar-refractivity contribution in [2.45, 2.75) is 50.9 Å². The fourth-order valence-corrected chi connectivity index (χ4v) is 4.25. The molecule has 0 aliphatic heterocycles. The van der Waals surface area contributed by atoms with Gasteiger partial charge in [-0.2, -0.15) is 13.2 Å². The van der Waals surface area contributed by atoms with E-state index in [1.54, 1.807) is 7.05 Å². The Labute approximate surface area is 180 Å². The molecule has 0 aromatic carbocycles. The fourth-order valence-electron chi connectivity index (χ4n) is 3.51. The van der Waals surface area contributed by atoms with Gasteiger partial charge in [0.15, 0.2) is 11.7 Å². The summed E-state index contributed by atoms with van der Waals surface area (Å²) in [7, 11) is 5.86. The number of nitrogens with zero attached hydrogens (tertiary/aromatic N) is 3. The third-order valence-electron chi connectivity index (χ3n) is 5.07. The van der Waals surface area contributed by atoms with Gasteiger partial charge in [0.25, 0.3) is 0 Å². The van der Waals surface area contributed by atoms with Gasteiger partial charge >= 0.3 is 6.18 Å². The average Bonchev–Trinajstić information content (AvgIpc) is 3.04. The Morgan fingerprint density at radius 3 is 2.63 bits per heavy atom. The summed E-state index contributed by atoms with van der Waals surface area (Å²) in [5.74, 6) is 1.26. The zero-order valence-corrected chi connectivity index (χ0v) is 19.3. The van der Waals surface area contributed by atoms with Crippen molar-refractivity contribution in [2.24, 2.45) is 10.9 Å². The van der Waals surface area contributed by atoms with E-state index in [0.717, 1.165) is 36.1 Å². The van der Waals surface area contributed by atoms with Crippen LogP contribution in [-0.4, -0.2) is 49.1 Å². The van der Waals surface area contributed by atoms with Crippen molar-refractivity contribution < 1.29 is 13.2 Å². The first kappa shape index (κ1) is 24.4. The van der Waals surface area contributed by atoms with E-state index in [-0.39, 0.29) is 36.1 Å². The Kier molecular flexibility index (Phi) is 9.26. The van der Waals surface area contributed by atoms with Crippen LogP contribution in [0, 0.1) is 5.92 Å². The second kappa shape index (κ2) is 10.2. The van der Waals surface area contributed by atoms with Crippen LogP contribution in [0.3, 0.4) is 0 Å². The van der Waals surface area contributed by atoms with Crippen LogP contribution in [0.2, 0.25) is 0 Å². The molecule has 156 valence electrons. The maximum Gasteiger partial charge on any atom is 0.434 e. The number of thiazole rings is 1. The first-order chi connectivity index (χ1) is 12.2.